The topological polar surface area (TPSA) is 64.9 Å². The first-order valence-electron chi connectivity index (χ1n) is 8.88. The zero-order valence-corrected chi connectivity index (χ0v) is 16.6. The summed E-state index contributed by atoms with van der Waals surface area (Å²) in [5.41, 5.74) is 1.28. The van der Waals surface area contributed by atoms with Gasteiger partial charge in [-0.15, -0.1) is 11.3 Å². The molecule has 29 heavy (non-hydrogen) atoms. The smallest absolute Gasteiger partial charge is 0.266 e. The molecule has 0 aliphatic carbocycles. The van der Waals surface area contributed by atoms with Crippen LogP contribution in [-0.4, -0.2) is 28.5 Å². The number of carbonyl (C=O) groups is 1. The first kappa shape index (κ1) is 18.9. The van der Waals surface area contributed by atoms with Gasteiger partial charge in [-0.05, 0) is 55.5 Å². The van der Waals surface area contributed by atoms with Gasteiger partial charge >= 0.3 is 0 Å². The highest BCUT2D eigenvalue weighted by Gasteiger charge is 2.21. The summed E-state index contributed by atoms with van der Waals surface area (Å²) in [6.45, 7) is 1.67. The third-order valence-electron chi connectivity index (χ3n) is 4.36. The van der Waals surface area contributed by atoms with Crippen LogP contribution in [-0.2, 0) is 4.79 Å². The van der Waals surface area contributed by atoms with Crippen molar-refractivity contribution in [3.63, 3.8) is 0 Å². The molecule has 6 nitrogen and oxygen atoms in total. The second kappa shape index (κ2) is 7.92. The van der Waals surface area contributed by atoms with Crippen molar-refractivity contribution in [2.24, 2.45) is 0 Å². The summed E-state index contributed by atoms with van der Waals surface area (Å²) in [7, 11) is 1.58. The molecule has 0 aliphatic heterocycles. The Morgan fingerprint density at radius 3 is 2.52 bits per heavy atom. The van der Waals surface area contributed by atoms with Crippen molar-refractivity contribution in [3.8, 4) is 22.8 Å². The van der Waals surface area contributed by atoms with Crippen LogP contribution < -0.4 is 14.8 Å². The van der Waals surface area contributed by atoms with Crippen molar-refractivity contribution < 1.29 is 18.7 Å². The lowest BCUT2D eigenvalue weighted by atomic mass is 10.1. The van der Waals surface area contributed by atoms with E-state index >= 15 is 0 Å². The van der Waals surface area contributed by atoms with Crippen LogP contribution in [0.2, 0.25) is 0 Å². The van der Waals surface area contributed by atoms with Crippen molar-refractivity contribution in [2.45, 2.75) is 13.0 Å². The number of hydrogen-bond acceptors (Lipinski definition) is 5. The Morgan fingerprint density at radius 2 is 1.83 bits per heavy atom. The summed E-state index contributed by atoms with van der Waals surface area (Å²) in [5, 5.41) is 4.78. The van der Waals surface area contributed by atoms with E-state index in [2.05, 4.69) is 10.3 Å². The number of methoxy groups -OCH3 is 1. The zero-order valence-electron chi connectivity index (χ0n) is 15.8. The molecule has 1 amide bonds. The molecule has 2 heterocycles. The number of carbonyl (C=O) groups excluding carboxylic acids is 1. The molecule has 0 saturated heterocycles. The van der Waals surface area contributed by atoms with Crippen LogP contribution in [0.5, 0.6) is 11.5 Å². The number of benzene rings is 2. The maximum atomic E-state index is 13.3. The van der Waals surface area contributed by atoms with Crippen molar-refractivity contribution in [1.29, 1.82) is 0 Å². The Labute approximate surface area is 170 Å². The number of nitrogens with one attached hydrogen (secondary N) is 1. The molecule has 8 heteroatoms. The number of imidazole rings is 1. The molecule has 1 N–H and O–H groups in total. The standard InChI is InChI=1S/C21H18FN3O3S/c1-13(28-17-9-7-16(27-2)8-10-17)20(26)24-19-18(14-3-5-15(22)6-4-14)23-21-25(19)11-12-29-21/h3-13H,1-2H3,(H,24,26). The second-order valence-electron chi connectivity index (χ2n) is 6.30. The molecule has 0 fully saturated rings. The quantitative estimate of drug-likeness (QED) is 0.503. The van der Waals surface area contributed by atoms with E-state index in [9.17, 15) is 9.18 Å². The van der Waals surface area contributed by atoms with E-state index in [1.54, 1.807) is 54.8 Å². The largest absolute Gasteiger partial charge is 0.497 e. The predicted molar refractivity (Wildman–Crippen MR) is 110 cm³/mol. The molecule has 1 unspecified atom stereocenters. The number of fused-ring (bicyclic) bond motifs is 1. The summed E-state index contributed by atoms with van der Waals surface area (Å²) >= 11 is 1.45. The maximum Gasteiger partial charge on any atom is 0.266 e. The number of hydrogen-bond donors (Lipinski definition) is 1. The molecular formula is C21H18FN3O3S. The first-order chi connectivity index (χ1) is 14.0. The van der Waals surface area contributed by atoms with Crippen LogP contribution in [0, 0.1) is 5.82 Å². The number of aromatic nitrogens is 2. The van der Waals surface area contributed by atoms with Gasteiger partial charge in [0.1, 0.15) is 28.8 Å². The van der Waals surface area contributed by atoms with Gasteiger partial charge in [0, 0.05) is 17.1 Å². The SMILES string of the molecule is COc1ccc(OC(C)C(=O)Nc2c(-c3ccc(F)cc3)nc3sccn23)cc1. The fraction of sp³-hybridized carbons (Fsp3) is 0.143. The van der Waals surface area contributed by atoms with Gasteiger partial charge in [0.25, 0.3) is 5.91 Å². The summed E-state index contributed by atoms with van der Waals surface area (Å²) in [4.78, 5) is 18.1. The molecule has 0 bridgehead atoms. The molecule has 148 valence electrons. The predicted octanol–water partition coefficient (Wildman–Crippen LogP) is 4.62. The van der Waals surface area contributed by atoms with Gasteiger partial charge in [0.2, 0.25) is 0 Å². The summed E-state index contributed by atoms with van der Waals surface area (Å²) < 4.78 is 25.9. The lowest BCUT2D eigenvalue weighted by Gasteiger charge is -2.15. The minimum absolute atomic E-state index is 0.322. The third-order valence-corrected chi connectivity index (χ3v) is 5.12. The zero-order chi connectivity index (χ0) is 20.4. The lowest BCUT2D eigenvalue weighted by Crippen LogP contribution is -2.30. The van der Waals surface area contributed by atoms with E-state index in [0.717, 1.165) is 4.96 Å². The fourth-order valence-corrected chi connectivity index (χ4v) is 3.56. The molecule has 0 aliphatic rings. The van der Waals surface area contributed by atoms with Crippen LogP contribution in [0.1, 0.15) is 6.92 Å². The Morgan fingerprint density at radius 1 is 1.14 bits per heavy atom. The van der Waals surface area contributed by atoms with Crippen LogP contribution in [0.25, 0.3) is 16.2 Å². The average molecular weight is 411 g/mol. The van der Waals surface area contributed by atoms with E-state index in [-0.39, 0.29) is 11.7 Å². The normalized spacial score (nSPS) is 12.0. The number of thiazole rings is 1. The van der Waals surface area contributed by atoms with Gasteiger partial charge in [-0.2, -0.15) is 0 Å². The minimum atomic E-state index is -0.742. The molecule has 4 aromatic rings. The van der Waals surface area contributed by atoms with Crippen LogP contribution in [0.3, 0.4) is 0 Å². The number of anilines is 1. The Bertz CT molecular complexity index is 1140. The highest BCUT2D eigenvalue weighted by molar-refractivity contribution is 7.15. The van der Waals surface area contributed by atoms with E-state index < -0.39 is 6.10 Å². The van der Waals surface area contributed by atoms with E-state index in [4.69, 9.17) is 9.47 Å². The molecule has 2 aromatic carbocycles. The van der Waals surface area contributed by atoms with Crippen LogP contribution >= 0.6 is 11.3 Å². The van der Waals surface area contributed by atoms with Gasteiger partial charge < -0.3 is 14.8 Å². The molecule has 0 saturated carbocycles. The van der Waals surface area contributed by atoms with Crippen molar-refractivity contribution in [1.82, 2.24) is 9.38 Å². The van der Waals surface area contributed by atoms with Gasteiger partial charge in [0.15, 0.2) is 11.1 Å². The third kappa shape index (κ3) is 3.93. The summed E-state index contributed by atoms with van der Waals surface area (Å²) in [6.07, 6.45) is 1.08. The number of nitrogens with zero attached hydrogens (tertiary/aromatic N) is 2. The number of rotatable bonds is 6. The molecule has 4 rings (SSSR count). The van der Waals surface area contributed by atoms with E-state index in [1.807, 2.05) is 11.6 Å². The van der Waals surface area contributed by atoms with Crippen molar-refractivity contribution >= 4 is 28.0 Å². The summed E-state index contributed by atoms with van der Waals surface area (Å²) in [5.74, 6) is 1.13. The number of halogens is 1. The Kier molecular flexibility index (Phi) is 5.18. The number of amides is 1. The average Bonchev–Trinajstić information content (AvgIpc) is 3.32. The molecule has 0 spiro atoms. The molecule has 1 atom stereocenters. The van der Waals surface area contributed by atoms with Crippen molar-refractivity contribution in [2.75, 3.05) is 12.4 Å². The van der Waals surface area contributed by atoms with Gasteiger partial charge in [0.05, 0.1) is 7.11 Å². The molecule has 2 aromatic heterocycles. The maximum absolute atomic E-state index is 13.3. The van der Waals surface area contributed by atoms with Crippen LogP contribution in [0.15, 0.2) is 60.1 Å². The highest BCUT2D eigenvalue weighted by atomic mass is 32.1. The summed E-state index contributed by atoms with van der Waals surface area (Å²) in [6, 6.07) is 13.0. The monoisotopic (exact) mass is 411 g/mol. The van der Waals surface area contributed by atoms with Gasteiger partial charge in [-0.25, -0.2) is 9.37 Å². The number of ether oxygens (including phenoxy) is 2. The van der Waals surface area contributed by atoms with Crippen LogP contribution in [0.4, 0.5) is 10.2 Å². The fourth-order valence-electron chi connectivity index (χ4n) is 2.84. The van der Waals surface area contributed by atoms with E-state index in [1.165, 1.54) is 23.5 Å². The first-order valence-corrected chi connectivity index (χ1v) is 9.76. The Balaban J connectivity index is 1.57. The minimum Gasteiger partial charge on any atom is -0.497 e. The van der Waals surface area contributed by atoms with Crippen molar-refractivity contribution in [3.05, 3.63) is 65.9 Å². The van der Waals surface area contributed by atoms with E-state index in [0.29, 0.717) is 28.6 Å². The molecular weight excluding hydrogens is 393 g/mol. The van der Waals surface area contributed by atoms with Gasteiger partial charge in [-0.1, -0.05) is 0 Å². The Hall–Kier alpha value is -3.39. The van der Waals surface area contributed by atoms with Gasteiger partial charge in [-0.3, -0.25) is 9.20 Å². The lowest BCUT2D eigenvalue weighted by molar-refractivity contribution is -0.122. The molecule has 0 radical (unpaired) electrons. The second-order valence-corrected chi connectivity index (χ2v) is 7.17. The highest BCUT2D eigenvalue weighted by Crippen LogP contribution is 2.31.